The number of aromatic nitrogens is 2. The fourth-order valence-electron chi connectivity index (χ4n) is 4.13. The van der Waals surface area contributed by atoms with Crippen molar-refractivity contribution in [3.8, 4) is 5.75 Å². The third-order valence-electron chi connectivity index (χ3n) is 5.68. The van der Waals surface area contributed by atoms with Crippen molar-refractivity contribution in [3.05, 3.63) is 33.0 Å². The average Bonchev–Trinajstić information content (AvgIpc) is 3.51. The molecular weight excluding hydrogens is 350 g/mol. The number of anilines is 1. The fourth-order valence-corrected chi connectivity index (χ4v) is 4.13. The van der Waals surface area contributed by atoms with Crippen LogP contribution in [0.1, 0.15) is 31.7 Å². The molecule has 1 saturated carbocycles. The van der Waals surface area contributed by atoms with Gasteiger partial charge in [-0.1, -0.05) is 0 Å². The first-order chi connectivity index (χ1) is 13.0. The van der Waals surface area contributed by atoms with E-state index < -0.39 is 17.4 Å². The van der Waals surface area contributed by atoms with Gasteiger partial charge in [0.15, 0.2) is 5.75 Å². The number of nitrogens with one attached hydrogen (secondary N) is 1. The fraction of sp³-hybridized carbons (Fsp3) is 0.579. The molecule has 27 heavy (non-hydrogen) atoms. The first-order valence-corrected chi connectivity index (χ1v) is 9.44. The number of fused-ring (bicyclic) bond motifs is 1. The van der Waals surface area contributed by atoms with Gasteiger partial charge in [-0.2, -0.15) is 0 Å². The Morgan fingerprint density at radius 3 is 2.74 bits per heavy atom. The summed E-state index contributed by atoms with van der Waals surface area (Å²) in [5.41, 5.74) is 0.525. The number of ether oxygens (including phenoxy) is 1. The number of rotatable bonds is 5. The van der Waals surface area contributed by atoms with Gasteiger partial charge in [0.2, 0.25) is 0 Å². The average molecular weight is 375 g/mol. The van der Waals surface area contributed by atoms with Gasteiger partial charge in [0.25, 0.3) is 5.56 Å². The summed E-state index contributed by atoms with van der Waals surface area (Å²) in [6.07, 6.45) is 2.78. The van der Waals surface area contributed by atoms with Crippen LogP contribution in [0.15, 0.2) is 21.7 Å². The second-order valence-electron chi connectivity index (χ2n) is 7.47. The normalized spacial score (nSPS) is 21.4. The SMILES string of the molecule is COc1c(N2CCCC(C(O)CO)C2)ccc2c(=O)[nH]c(=O)n(C3CC3)c12. The lowest BCUT2D eigenvalue weighted by molar-refractivity contribution is 0.0414. The second-order valence-corrected chi connectivity index (χ2v) is 7.47. The molecule has 2 aromatic rings. The molecule has 1 aromatic heterocycles. The highest BCUT2D eigenvalue weighted by Crippen LogP contribution is 2.41. The Bertz CT molecular complexity index is 962. The van der Waals surface area contributed by atoms with E-state index in [-0.39, 0.29) is 18.6 Å². The first kappa shape index (κ1) is 18.1. The third kappa shape index (κ3) is 3.12. The molecular formula is C19H25N3O5. The molecule has 0 spiro atoms. The summed E-state index contributed by atoms with van der Waals surface area (Å²) >= 11 is 0. The maximum Gasteiger partial charge on any atom is 0.329 e. The van der Waals surface area contributed by atoms with Gasteiger partial charge in [0.05, 0.1) is 30.9 Å². The maximum absolute atomic E-state index is 12.4. The van der Waals surface area contributed by atoms with E-state index in [1.165, 1.54) is 0 Å². The molecule has 1 aliphatic carbocycles. The van der Waals surface area contributed by atoms with Crippen LogP contribution in [-0.2, 0) is 0 Å². The molecule has 0 radical (unpaired) electrons. The van der Waals surface area contributed by atoms with Gasteiger partial charge in [0.1, 0.15) is 5.52 Å². The Kier molecular flexibility index (Phi) is 4.69. The Labute approximate surface area is 156 Å². The zero-order valence-electron chi connectivity index (χ0n) is 15.4. The zero-order valence-corrected chi connectivity index (χ0v) is 15.4. The van der Waals surface area contributed by atoms with E-state index in [0.717, 1.165) is 37.9 Å². The third-order valence-corrected chi connectivity index (χ3v) is 5.68. The molecule has 2 fully saturated rings. The van der Waals surface area contributed by atoms with E-state index in [4.69, 9.17) is 4.74 Å². The standard InChI is InChI=1S/C19H25N3O5/c1-27-17-14(21-8-2-3-11(9-21)15(24)10-23)7-6-13-16(17)22(12-4-5-12)19(26)20-18(13)25/h6-7,11-12,15,23-24H,2-5,8-10H2,1H3,(H,20,25,26). The lowest BCUT2D eigenvalue weighted by Gasteiger charge is -2.37. The summed E-state index contributed by atoms with van der Waals surface area (Å²) in [6, 6.07) is 3.66. The van der Waals surface area contributed by atoms with Gasteiger partial charge in [0, 0.05) is 25.0 Å². The first-order valence-electron chi connectivity index (χ1n) is 9.44. The van der Waals surface area contributed by atoms with Crippen molar-refractivity contribution in [1.82, 2.24) is 9.55 Å². The summed E-state index contributed by atoms with van der Waals surface area (Å²) in [5.74, 6) is 0.482. The number of benzene rings is 1. The molecule has 4 rings (SSSR count). The number of H-pyrrole nitrogens is 1. The van der Waals surface area contributed by atoms with Crippen molar-refractivity contribution in [2.75, 3.05) is 31.7 Å². The minimum Gasteiger partial charge on any atom is -0.492 e. The summed E-state index contributed by atoms with van der Waals surface area (Å²) in [4.78, 5) is 29.3. The number of aliphatic hydroxyl groups excluding tert-OH is 2. The van der Waals surface area contributed by atoms with Gasteiger partial charge >= 0.3 is 5.69 Å². The van der Waals surface area contributed by atoms with E-state index in [2.05, 4.69) is 9.88 Å². The second kappa shape index (κ2) is 7.01. The molecule has 0 bridgehead atoms. The summed E-state index contributed by atoms with van der Waals surface area (Å²) < 4.78 is 7.34. The van der Waals surface area contributed by atoms with Crippen LogP contribution in [0.4, 0.5) is 5.69 Å². The number of nitrogens with zero attached hydrogens (tertiary/aromatic N) is 2. The summed E-state index contributed by atoms with van der Waals surface area (Å²) in [6.45, 7) is 1.11. The van der Waals surface area contributed by atoms with Gasteiger partial charge in [-0.25, -0.2) is 4.79 Å². The molecule has 2 unspecified atom stereocenters. The zero-order chi connectivity index (χ0) is 19.1. The quantitative estimate of drug-likeness (QED) is 0.707. The number of aliphatic hydroxyl groups is 2. The number of aromatic amines is 1. The Balaban J connectivity index is 1.86. The van der Waals surface area contributed by atoms with Crippen molar-refractivity contribution in [2.24, 2.45) is 5.92 Å². The van der Waals surface area contributed by atoms with E-state index in [9.17, 15) is 19.8 Å². The lowest BCUT2D eigenvalue weighted by Crippen LogP contribution is -2.41. The monoisotopic (exact) mass is 375 g/mol. The minimum atomic E-state index is -0.758. The number of hydrogen-bond donors (Lipinski definition) is 3. The van der Waals surface area contributed by atoms with E-state index in [1.807, 2.05) is 6.07 Å². The summed E-state index contributed by atoms with van der Waals surface area (Å²) in [7, 11) is 1.55. The van der Waals surface area contributed by atoms with Crippen LogP contribution in [0.3, 0.4) is 0 Å². The maximum atomic E-state index is 12.4. The predicted molar refractivity (Wildman–Crippen MR) is 102 cm³/mol. The molecule has 146 valence electrons. The van der Waals surface area contributed by atoms with Crippen LogP contribution in [0, 0.1) is 5.92 Å². The van der Waals surface area contributed by atoms with Crippen molar-refractivity contribution in [1.29, 1.82) is 0 Å². The Morgan fingerprint density at radius 2 is 2.07 bits per heavy atom. The highest BCUT2D eigenvalue weighted by Gasteiger charge is 2.31. The highest BCUT2D eigenvalue weighted by atomic mass is 16.5. The molecule has 8 heteroatoms. The molecule has 2 aliphatic rings. The van der Waals surface area contributed by atoms with E-state index in [1.54, 1.807) is 17.7 Å². The molecule has 1 aromatic carbocycles. The molecule has 0 amide bonds. The molecule has 2 heterocycles. The predicted octanol–water partition coefficient (Wildman–Crippen LogP) is 0.603. The van der Waals surface area contributed by atoms with Gasteiger partial charge < -0.3 is 19.8 Å². The van der Waals surface area contributed by atoms with Crippen LogP contribution >= 0.6 is 0 Å². The molecule has 8 nitrogen and oxygen atoms in total. The number of piperidine rings is 1. The largest absolute Gasteiger partial charge is 0.492 e. The lowest BCUT2D eigenvalue weighted by atomic mass is 9.92. The number of methoxy groups -OCH3 is 1. The topological polar surface area (TPSA) is 108 Å². The Hall–Kier alpha value is -2.32. The highest BCUT2D eigenvalue weighted by molar-refractivity contribution is 5.90. The van der Waals surface area contributed by atoms with Gasteiger partial charge in [-0.3, -0.25) is 14.3 Å². The smallest absolute Gasteiger partial charge is 0.329 e. The van der Waals surface area contributed by atoms with Crippen molar-refractivity contribution in [2.45, 2.75) is 37.8 Å². The van der Waals surface area contributed by atoms with E-state index in [0.29, 0.717) is 23.2 Å². The molecule has 1 aliphatic heterocycles. The molecule has 3 N–H and O–H groups in total. The number of hydrogen-bond acceptors (Lipinski definition) is 6. The van der Waals surface area contributed by atoms with Crippen LogP contribution < -0.4 is 20.9 Å². The van der Waals surface area contributed by atoms with Crippen LogP contribution in [-0.4, -0.2) is 52.7 Å². The van der Waals surface area contributed by atoms with Crippen LogP contribution in [0.25, 0.3) is 10.9 Å². The van der Waals surface area contributed by atoms with Gasteiger partial charge in [-0.15, -0.1) is 0 Å². The van der Waals surface area contributed by atoms with Crippen molar-refractivity contribution >= 4 is 16.6 Å². The van der Waals surface area contributed by atoms with Crippen LogP contribution in [0.5, 0.6) is 5.75 Å². The Morgan fingerprint density at radius 1 is 1.30 bits per heavy atom. The molecule has 1 saturated heterocycles. The van der Waals surface area contributed by atoms with E-state index >= 15 is 0 Å². The van der Waals surface area contributed by atoms with Gasteiger partial charge in [-0.05, 0) is 37.8 Å². The molecule has 2 atom stereocenters. The van der Waals surface area contributed by atoms with Crippen LogP contribution in [0.2, 0.25) is 0 Å². The summed E-state index contributed by atoms with van der Waals surface area (Å²) in [5, 5.41) is 19.8. The minimum absolute atomic E-state index is 0.0334. The van der Waals surface area contributed by atoms with Crippen molar-refractivity contribution < 1.29 is 14.9 Å². The van der Waals surface area contributed by atoms with Crippen molar-refractivity contribution in [3.63, 3.8) is 0 Å².